The third kappa shape index (κ3) is 3.26. The zero-order valence-corrected chi connectivity index (χ0v) is 25.6. The van der Waals surface area contributed by atoms with Crippen LogP contribution in [0, 0.1) is 0 Å². The molecule has 2 aliphatic rings. The molecule has 0 amide bonds. The lowest BCUT2D eigenvalue weighted by Crippen LogP contribution is -2.38. The molecule has 0 fully saturated rings. The molecule has 0 saturated carbocycles. The highest BCUT2D eigenvalue weighted by atomic mass is 15.2. The molecule has 212 valence electrons. The Morgan fingerprint density at radius 3 is 1.64 bits per heavy atom. The lowest BCUT2D eigenvalue weighted by molar-refractivity contribution is 0.598. The van der Waals surface area contributed by atoms with Gasteiger partial charge in [-0.05, 0) is 88.0 Å². The van der Waals surface area contributed by atoms with Gasteiger partial charge in [0.15, 0.2) is 0 Å². The van der Waals surface area contributed by atoms with Crippen LogP contribution in [0.5, 0.6) is 0 Å². The molecular formula is C42H34N2. The maximum absolute atomic E-state index is 2.53. The second-order valence-electron chi connectivity index (χ2n) is 13.5. The van der Waals surface area contributed by atoms with Crippen LogP contribution in [0.1, 0.15) is 49.9 Å². The van der Waals surface area contributed by atoms with E-state index in [0.717, 1.165) is 0 Å². The second-order valence-corrected chi connectivity index (χ2v) is 13.5. The number of hydrogen-bond acceptors (Lipinski definition) is 1. The Balaban J connectivity index is 1.33. The summed E-state index contributed by atoms with van der Waals surface area (Å²) in [7, 11) is 0. The first-order chi connectivity index (χ1) is 21.4. The van der Waals surface area contributed by atoms with Gasteiger partial charge in [-0.2, -0.15) is 0 Å². The van der Waals surface area contributed by atoms with E-state index in [-0.39, 0.29) is 10.8 Å². The molecule has 0 spiro atoms. The fraction of sp³-hybridized carbons (Fsp3) is 0.143. The Hall–Kier alpha value is -5.08. The standard InChI is InChI=1S/C42H34N2/c1-41(2)32-17-9-12-20-38(32)44-39-21-13-10-18-33(39)42(3,4)35-26-28(25-34(41)40(35)44)27-22-23-37-31(24-27)30-16-8-11-19-36(30)43(37)29-14-6-5-7-15-29/h5-26H,1-4H3. The quantitative estimate of drug-likeness (QED) is 0.202. The smallest absolute Gasteiger partial charge is 0.0544 e. The zero-order chi connectivity index (χ0) is 29.8. The van der Waals surface area contributed by atoms with Crippen molar-refractivity contribution in [2.24, 2.45) is 0 Å². The maximum atomic E-state index is 2.53. The number of para-hydroxylation sites is 4. The molecule has 9 rings (SSSR count). The Bertz CT molecular complexity index is 2200. The van der Waals surface area contributed by atoms with Crippen molar-refractivity contribution >= 4 is 38.9 Å². The van der Waals surface area contributed by atoms with Gasteiger partial charge in [0.1, 0.15) is 0 Å². The van der Waals surface area contributed by atoms with Crippen molar-refractivity contribution in [3.8, 4) is 16.8 Å². The second kappa shape index (κ2) is 8.74. The molecule has 0 N–H and O–H groups in total. The highest BCUT2D eigenvalue weighted by molar-refractivity contribution is 6.10. The first-order valence-electron chi connectivity index (χ1n) is 15.6. The van der Waals surface area contributed by atoms with Crippen molar-refractivity contribution in [1.82, 2.24) is 4.57 Å². The maximum Gasteiger partial charge on any atom is 0.0544 e. The summed E-state index contributed by atoms with van der Waals surface area (Å²) in [5.74, 6) is 0. The van der Waals surface area contributed by atoms with Gasteiger partial charge in [0.05, 0.1) is 28.1 Å². The highest BCUT2D eigenvalue weighted by Gasteiger charge is 2.45. The van der Waals surface area contributed by atoms with Crippen LogP contribution in [-0.4, -0.2) is 4.57 Å². The SMILES string of the molecule is CC1(C)c2ccccc2N2c3ccccc3C(C)(C)c3cc(-c4ccc5c(c4)c4ccccc4n5-c4ccccc4)cc1c32. The number of hydrogen-bond donors (Lipinski definition) is 0. The first-order valence-corrected chi connectivity index (χ1v) is 15.6. The minimum atomic E-state index is -0.150. The molecule has 6 aromatic carbocycles. The largest absolute Gasteiger partial charge is 0.309 e. The molecule has 7 aromatic rings. The lowest BCUT2D eigenvalue weighted by Gasteiger charge is -2.49. The number of anilines is 3. The van der Waals surface area contributed by atoms with Crippen molar-refractivity contribution in [3.63, 3.8) is 0 Å². The molecule has 1 aromatic heterocycles. The normalized spacial score (nSPS) is 15.6. The molecule has 0 bridgehead atoms. The molecule has 0 atom stereocenters. The zero-order valence-electron chi connectivity index (χ0n) is 25.6. The van der Waals surface area contributed by atoms with Gasteiger partial charge >= 0.3 is 0 Å². The minimum absolute atomic E-state index is 0.150. The monoisotopic (exact) mass is 566 g/mol. The molecular weight excluding hydrogens is 532 g/mol. The van der Waals surface area contributed by atoms with E-state index in [1.165, 1.54) is 77.9 Å². The van der Waals surface area contributed by atoms with Gasteiger partial charge in [0, 0.05) is 27.3 Å². The number of fused-ring (bicyclic) bond motifs is 7. The molecule has 0 saturated heterocycles. The molecule has 0 unspecified atom stereocenters. The average molecular weight is 567 g/mol. The Morgan fingerprint density at radius 1 is 0.432 bits per heavy atom. The summed E-state index contributed by atoms with van der Waals surface area (Å²) in [4.78, 5) is 2.53. The van der Waals surface area contributed by atoms with Gasteiger partial charge < -0.3 is 9.47 Å². The van der Waals surface area contributed by atoms with Crippen molar-refractivity contribution in [1.29, 1.82) is 0 Å². The van der Waals surface area contributed by atoms with E-state index < -0.39 is 0 Å². The van der Waals surface area contributed by atoms with Crippen LogP contribution >= 0.6 is 0 Å². The van der Waals surface area contributed by atoms with Crippen molar-refractivity contribution < 1.29 is 0 Å². The fourth-order valence-electron chi connectivity index (χ4n) is 8.06. The van der Waals surface area contributed by atoms with Crippen molar-refractivity contribution in [2.45, 2.75) is 38.5 Å². The number of nitrogens with zero attached hydrogens (tertiary/aromatic N) is 2. The van der Waals surface area contributed by atoms with Crippen LogP contribution in [0.25, 0.3) is 38.6 Å². The van der Waals surface area contributed by atoms with Gasteiger partial charge in [0.25, 0.3) is 0 Å². The summed E-state index contributed by atoms with van der Waals surface area (Å²) in [5.41, 5.74) is 15.3. The van der Waals surface area contributed by atoms with E-state index in [9.17, 15) is 0 Å². The van der Waals surface area contributed by atoms with E-state index >= 15 is 0 Å². The molecule has 2 nitrogen and oxygen atoms in total. The van der Waals surface area contributed by atoms with E-state index in [1.54, 1.807) is 0 Å². The number of rotatable bonds is 2. The minimum Gasteiger partial charge on any atom is -0.309 e. The van der Waals surface area contributed by atoms with Gasteiger partial charge in [0.2, 0.25) is 0 Å². The lowest BCUT2D eigenvalue weighted by atomic mass is 9.65. The van der Waals surface area contributed by atoms with Crippen LogP contribution in [0.15, 0.2) is 133 Å². The van der Waals surface area contributed by atoms with Crippen LogP contribution < -0.4 is 4.90 Å². The van der Waals surface area contributed by atoms with E-state index in [1.807, 2.05) is 0 Å². The van der Waals surface area contributed by atoms with Crippen molar-refractivity contribution in [3.05, 3.63) is 156 Å². The van der Waals surface area contributed by atoms with Gasteiger partial charge in [-0.1, -0.05) is 107 Å². The van der Waals surface area contributed by atoms with Crippen LogP contribution in [0.3, 0.4) is 0 Å². The van der Waals surface area contributed by atoms with Crippen LogP contribution in [0.2, 0.25) is 0 Å². The van der Waals surface area contributed by atoms with E-state index in [0.29, 0.717) is 0 Å². The number of aromatic nitrogens is 1. The molecule has 44 heavy (non-hydrogen) atoms. The van der Waals surface area contributed by atoms with E-state index in [4.69, 9.17) is 0 Å². The number of benzene rings is 6. The first kappa shape index (κ1) is 25.4. The van der Waals surface area contributed by atoms with Gasteiger partial charge in [-0.3, -0.25) is 0 Å². The van der Waals surface area contributed by atoms with Gasteiger partial charge in [-0.15, -0.1) is 0 Å². The highest BCUT2D eigenvalue weighted by Crippen LogP contribution is 2.60. The summed E-state index contributed by atoms with van der Waals surface area (Å²) in [5, 5.41) is 2.56. The topological polar surface area (TPSA) is 8.17 Å². The molecule has 2 heteroatoms. The molecule has 0 radical (unpaired) electrons. The Morgan fingerprint density at radius 2 is 0.977 bits per heavy atom. The molecule has 2 aliphatic heterocycles. The summed E-state index contributed by atoms with van der Waals surface area (Å²) < 4.78 is 2.39. The summed E-state index contributed by atoms with van der Waals surface area (Å²) in [6.45, 7) is 9.58. The Kier molecular flexibility index (Phi) is 5.05. The summed E-state index contributed by atoms with van der Waals surface area (Å²) >= 11 is 0. The summed E-state index contributed by atoms with van der Waals surface area (Å²) in [6.07, 6.45) is 0. The fourth-order valence-corrected chi connectivity index (χ4v) is 8.06. The third-order valence-electron chi connectivity index (χ3n) is 10.3. The van der Waals surface area contributed by atoms with Crippen LogP contribution in [0.4, 0.5) is 17.1 Å². The molecule has 3 heterocycles. The summed E-state index contributed by atoms with van der Waals surface area (Å²) in [6, 6.07) is 49.4. The van der Waals surface area contributed by atoms with Crippen molar-refractivity contribution in [2.75, 3.05) is 4.90 Å². The predicted molar refractivity (Wildman–Crippen MR) is 185 cm³/mol. The van der Waals surface area contributed by atoms with E-state index in [2.05, 4.69) is 171 Å². The predicted octanol–water partition coefficient (Wildman–Crippen LogP) is 11.2. The third-order valence-corrected chi connectivity index (χ3v) is 10.3. The molecule has 0 aliphatic carbocycles. The van der Waals surface area contributed by atoms with Crippen LogP contribution in [-0.2, 0) is 10.8 Å². The Labute approximate surface area is 258 Å². The van der Waals surface area contributed by atoms with Gasteiger partial charge in [-0.25, -0.2) is 0 Å². The average Bonchev–Trinajstić information content (AvgIpc) is 3.38.